The van der Waals surface area contributed by atoms with Crippen LogP contribution < -0.4 is 11.1 Å². The molecule has 4 N–H and O–H groups in total. The zero-order chi connectivity index (χ0) is 16.5. The molecule has 0 radical (unpaired) electrons. The monoisotopic (exact) mass is 304 g/mol. The molecule has 0 aliphatic heterocycles. The molecule has 0 amide bonds. The van der Waals surface area contributed by atoms with Gasteiger partial charge in [-0.1, -0.05) is 26.0 Å². The summed E-state index contributed by atoms with van der Waals surface area (Å²) in [5, 5.41) is 12.1. The smallest absolute Gasteiger partial charge is 0.335 e. The van der Waals surface area contributed by atoms with Crippen LogP contribution in [0.1, 0.15) is 49.5 Å². The molecule has 1 aromatic carbocycles. The van der Waals surface area contributed by atoms with E-state index in [0.717, 1.165) is 24.9 Å². The Morgan fingerprint density at radius 3 is 2.36 bits per heavy atom. The third kappa shape index (κ3) is 7.27. The fraction of sp³-hybridized carbons (Fsp3) is 0.500. The number of benzene rings is 1. The Morgan fingerprint density at radius 1 is 1.18 bits per heavy atom. The lowest BCUT2D eigenvalue weighted by Crippen LogP contribution is -2.22. The summed E-state index contributed by atoms with van der Waals surface area (Å²) in [5.74, 6) is 0.334. The maximum atomic E-state index is 10.8. The van der Waals surface area contributed by atoms with Crippen molar-refractivity contribution in [2.24, 2.45) is 17.6 Å². The second kappa shape index (κ2) is 9.26. The SMILES string of the molecule is CC(N)CC(C)CC(C)CN/C=C/c1ccc(C(=O)O)cc1. The maximum Gasteiger partial charge on any atom is 0.335 e. The van der Waals surface area contributed by atoms with E-state index < -0.39 is 5.97 Å². The summed E-state index contributed by atoms with van der Waals surface area (Å²) >= 11 is 0. The van der Waals surface area contributed by atoms with Crippen molar-refractivity contribution in [2.75, 3.05) is 6.54 Å². The minimum atomic E-state index is -0.900. The number of hydrogen-bond acceptors (Lipinski definition) is 3. The predicted octanol–water partition coefficient (Wildman–Crippen LogP) is 3.34. The summed E-state index contributed by atoms with van der Waals surface area (Å²) in [6.45, 7) is 7.46. The van der Waals surface area contributed by atoms with Crippen molar-refractivity contribution in [2.45, 2.75) is 39.7 Å². The van der Waals surface area contributed by atoms with Gasteiger partial charge in [0.05, 0.1) is 5.56 Å². The molecule has 3 atom stereocenters. The van der Waals surface area contributed by atoms with Gasteiger partial charge < -0.3 is 16.2 Å². The number of rotatable bonds is 9. The number of hydrogen-bond donors (Lipinski definition) is 3. The zero-order valence-electron chi connectivity index (χ0n) is 13.8. The lowest BCUT2D eigenvalue weighted by Gasteiger charge is -2.18. The number of carboxylic acids is 1. The number of carboxylic acid groups (broad SMARTS) is 1. The standard InChI is InChI=1S/C18H28N2O2/c1-13(11-15(3)19)10-14(2)12-20-9-8-16-4-6-17(7-5-16)18(21)22/h4-9,13-15,20H,10-12,19H2,1-3H3,(H,21,22)/b9-8+. The van der Waals surface area contributed by atoms with Gasteiger partial charge in [-0.05, 0) is 61.6 Å². The van der Waals surface area contributed by atoms with Crippen LogP contribution in [0.25, 0.3) is 6.08 Å². The van der Waals surface area contributed by atoms with Crippen molar-refractivity contribution in [3.8, 4) is 0 Å². The van der Waals surface area contributed by atoms with Gasteiger partial charge in [-0.15, -0.1) is 0 Å². The summed E-state index contributed by atoms with van der Waals surface area (Å²) in [6, 6.07) is 7.09. The molecule has 0 fully saturated rings. The molecule has 3 unspecified atom stereocenters. The lowest BCUT2D eigenvalue weighted by atomic mass is 9.92. The van der Waals surface area contributed by atoms with Gasteiger partial charge in [0.25, 0.3) is 0 Å². The van der Waals surface area contributed by atoms with Gasteiger partial charge >= 0.3 is 5.97 Å². The molecule has 0 spiro atoms. The van der Waals surface area contributed by atoms with Crippen LogP contribution in [0.3, 0.4) is 0 Å². The van der Waals surface area contributed by atoms with E-state index in [4.69, 9.17) is 10.8 Å². The average molecular weight is 304 g/mol. The molecule has 0 saturated carbocycles. The highest BCUT2D eigenvalue weighted by atomic mass is 16.4. The summed E-state index contributed by atoms with van der Waals surface area (Å²) in [5.41, 5.74) is 7.11. The second-order valence-electron chi connectivity index (χ2n) is 6.33. The van der Waals surface area contributed by atoms with Crippen molar-refractivity contribution >= 4 is 12.0 Å². The van der Waals surface area contributed by atoms with Crippen LogP contribution in [-0.4, -0.2) is 23.7 Å². The topological polar surface area (TPSA) is 75.3 Å². The second-order valence-corrected chi connectivity index (χ2v) is 6.33. The molecule has 0 saturated heterocycles. The molecule has 0 heterocycles. The Labute approximate surface area is 133 Å². The first-order chi connectivity index (χ1) is 10.4. The predicted molar refractivity (Wildman–Crippen MR) is 91.6 cm³/mol. The third-order valence-electron chi connectivity index (χ3n) is 3.60. The largest absolute Gasteiger partial charge is 0.478 e. The summed E-state index contributed by atoms with van der Waals surface area (Å²) < 4.78 is 0. The fourth-order valence-corrected chi connectivity index (χ4v) is 2.66. The molecular weight excluding hydrogens is 276 g/mol. The van der Waals surface area contributed by atoms with Crippen LogP contribution in [-0.2, 0) is 0 Å². The molecular formula is C18H28N2O2. The quantitative estimate of drug-likeness (QED) is 0.654. The first-order valence-electron chi connectivity index (χ1n) is 7.87. The van der Waals surface area contributed by atoms with Crippen molar-refractivity contribution in [1.29, 1.82) is 0 Å². The highest BCUT2D eigenvalue weighted by molar-refractivity contribution is 5.87. The molecule has 0 aliphatic rings. The number of carbonyl (C=O) groups is 1. The highest BCUT2D eigenvalue weighted by Crippen LogP contribution is 2.15. The zero-order valence-corrected chi connectivity index (χ0v) is 13.8. The van der Waals surface area contributed by atoms with E-state index in [1.807, 2.05) is 12.3 Å². The van der Waals surface area contributed by atoms with E-state index in [2.05, 4.69) is 26.1 Å². The Morgan fingerprint density at radius 2 is 1.82 bits per heavy atom. The first kappa shape index (κ1) is 18.2. The van der Waals surface area contributed by atoms with Gasteiger partial charge in [-0.3, -0.25) is 0 Å². The van der Waals surface area contributed by atoms with Crippen LogP contribution in [0.2, 0.25) is 0 Å². The summed E-state index contributed by atoms with van der Waals surface area (Å²) in [4.78, 5) is 10.8. The summed E-state index contributed by atoms with van der Waals surface area (Å²) in [7, 11) is 0. The number of nitrogens with one attached hydrogen (secondary N) is 1. The van der Waals surface area contributed by atoms with E-state index in [9.17, 15) is 4.79 Å². The van der Waals surface area contributed by atoms with Crippen molar-refractivity contribution in [3.05, 3.63) is 41.6 Å². The van der Waals surface area contributed by atoms with E-state index >= 15 is 0 Å². The Kier molecular flexibility index (Phi) is 7.67. The lowest BCUT2D eigenvalue weighted by molar-refractivity contribution is 0.0697. The molecule has 0 aromatic heterocycles. The first-order valence-corrected chi connectivity index (χ1v) is 7.87. The normalized spacial score (nSPS) is 15.5. The van der Waals surface area contributed by atoms with Gasteiger partial charge in [0.2, 0.25) is 0 Å². The molecule has 1 rings (SSSR count). The van der Waals surface area contributed by atoms with E-state index in [1.54, 1.807) is 24.3 Å². The van der Waals surface area contributed by atoms with Gasteiger partial charge in [-0.2, -0.15) is 0 Å². The van der Waals surface area contributed by atoms with Crippen LogP contribution >= 0.6 is 0 Å². The van der Waals surface area contributed by atoms with Crippen molar-refractivity contribution < 1.29 is 9.90 Å². The fourth-order valence-electron chi connectivity index (χ4n) is 2.66. The minimum Gasteiger partial charge on any atom is -0.478 e. The molecule has 4 nitrogen and oxygen atoms in total. The number of aromatic carboxylic acids is 1. The van der Waals surface area contributed by atoms with Crippen molar-refractivity contribution in [3.63, 3.8) is 0 Å². The maximum absolute atomic E-state index is 10.8. The minimum absolute atomic E-state index is 0.267. The van der Waals surface area contributed by atoms with Gasteiger partial charge in [0.15, 0.2) is 0 Å². The van der Waals surface area contributed by atoms with E-state index in [-0.39, 0.29) is 6.04 Å². The molecule has 0 bridgehead atoms. The Balaban J connectivity index is 2.32. The van der Waals surface area contributed by atoms with Crippen molar-refractivity contribution in [1.82, 2.24) is 5.32 Å². The van der Waals surface area contributed by atoms with Crippen LogP contribution in [0, 0.1) is 11.8 Å². The third-order valence-corrected chi connectivity index (χ3v) is 3.60. The molecule has 22 heavy (non-hydrogen) atoms. The van der Waals surface area contributed by atoms with Gasteiger partial charge in [0, 0.05) is 12.6 Å². The van der Waals surface area contributed by atoms with E-state index in [1.165, 1.54) is 0 Å². The van der Waals surface area contributed by atoms with Gasteiger partial charge in [-0.25, -0.2) is 4.79 Å². The highest BCUT2D eigenvalue weighted by Gasteiger charge is 2.09. The van der Waals surface area contributed by atoms with Gasteiger partial charge in [0.1, 0.15) is 0 Å². The van der Waals surface area contributed by atoms with Crippen LogP contribution in [0.15, 0.2) is 30.5 Å². The van der Waals surface area contributed by atoms with Crippen LogP contribution in [0.4, 0.5) is 0 Å². The molecule has 4 heteroatoms. The van der Waals surface area contributed by atoms with Crippen LogP contribution in [0.5, 0.6) is 0 Å². The van der Waals surface area contributed by atoms with E-state index in [0.29, 0.717) is 17.4 Å². The Bertz CT molecular complexity index is 480. The average Bonchev–Trinajstić information content (AvgIpc) is 2.43. The molecule has 122 valence electrons. The number of nitrogens with two attached hydrogens (primary N) is 1. The Hall–Kier alpha value is -1.81. The molecule has 0 aliphatic carbocycles. The summed E-state index contributed by atoms with van der Waals surface area (Å²) in [6.07, 6.45) is 6.10. The molecule has 1 aromatic rings.